The molecule has 0 unspecified atom stereocenters. The third-order valence-electron chi connectivity index (χ3n) is 2.88. The average molecular weight is 239 g/mol. The van der Waals surface area contributed by atoms with Gasteiger partial charge in [-0.25, -0.2) is 14.6 Å². The van der Waals surface area contributed by atoms with Gasteiger partial charge in [0, 0.05) is 7.05 Å². The van der Waals surface area contributed by atoms with Crippen molar-refractivity contribution in [3.63, 3.8) is 0 Å². The predicted octanol–water partition coefficient (Wildman–Crippen LogP) is 2.17. The molecule has 0 aliphatic carbocycles. The van der Waals surface area contributed by atoms with Crippen LogP contribution in [0, 0.1) is 6.92 Å². The molecule has 1 aromatic carbocycles. The van der Waals surface area contributed by atoms with E-state index in [0.717, 1.165) is 22.5 Å². The zero-order valence-electron chi connectivity index (χ0n) is 10.3. The largest absolute Gasteiger partial charge is 0.372 e. The average Bonchev–Trinajstić information content (AvgIpc) is 2.83. The van der Waals surface area contributed by atoms with Gasteiger partial charge >= 0.3 is 0 Å². The Labute approximate surface area is 104 Å². The van der Waals surface area contributed by atoms with Crippen molar-refractivity contribution in [3.8, 4) is 5.69 Å². The van der Waals surface area contributed by atoms with Crippen molar-refractivity contribution < 1.29 is 0 Å². The standard InChI is InChI=1S/C13H13N5/c1-9-3-5-10(6-4-9)18-13-11(7-17-18)12(14-2)15-8-16-13/h3-8H,1-2H3,(H,14,15,16). The van der Waals surface area contributed by atoms with E-state index in [9.17, 15) is 0 Å². The van der Waals surface area contributed by atoms with Crippen LogP contribution in [-0.2, 0) is 0 Å². The van der Waals surface area contributed by atoms with Gasteiger partial charge in [-0.05, 0) is 19.1 Å². The van der Waals surface area contributed by atoms with E-state index in [1.165, 1.54) is 5.56 Å². The van der Waals surface area contributed by atoms with Gasteiger partial charge in [0.05, 0.1) is 17.3 Å². The smallest absolute Gasteiger partial charge is 0.168 e. The van der Waals surface area contributed by atoms with E-state index < -0.39 is 0 Å². The number of nitrogens with zero attached hydrogens (tertiary/aromatic N) is 4. The lowest BCUT2D eigenvalue weighted by molar-refractivity contribution is 0.894. The summed E-state index contributed by atoms with van der Waals surface area (Å²) in [5.41, 5.74) is 3.02. The number of benzene rings is 1. The van der Waals surface area contributed by atoms with Gasteiger partial charge in [-0.3, -0.25) is 0 Å². The Kier molecular flexibility index (Phi) is 2.44. The van der Waals surface area contributed by atoms with E-state index in [2.05, 4.69) is 39.4 Å². The van der Waals surface area contributed by atoms with Gasteiger partial charge in [0.25, 0.3) is 0 Å². The lowest BCUT2D eigenvalue weighted by atomic mass is 10.2. The molecule has 0 fully saturated rings. The van der Waals surface area contributed by atoms with Crippen molar-refractivity contribution in [1.29, 1.82) is 0 Å². The maximum Gasteiger partial charge on any atom is 0.168 e. The monoisotopic (exact) mass is 239 g/mol. The first-order valence-corrected chi connectivity index (χ1v) is 5.73. The van der Waals surface area contributed by atoms with Crippen LogP contribution in [0.4, 0.5) is 5.82 Å². The van der Waals surface area contributed by atoms with Gasteiger partial charge in [-0.1, -0.05) is 17.7 Å². The fourth-order valence-corrected chi connectivity index (χ4v) is 1.92. The molecule has 1 N–H and O–H groups in total. The van der Waals surface area contributed by atoms with Crippen LogP contribution in [0.3, 0.4) is 0 Å². The van der Waals surface area contributed by atoms with Gasteiger partial charge in [-0.15, -0.1) is 0 Å². The summed E-state index contributed by atoms with van der Waals surface area (Å²) in [5, 5.41) is 8.33. The molecule has 0 saturated carbocycles. The van der Waals surface area contributed by atoms with E-state index in [1.807, 2.05) is 23.9 Å². The van der Waals surface area contributed by atoms with Crippen LogP contribution < -0.4 is 5.32 Å². The fraction of sp³-hybridized carbons (Fsp3) is 0.154. The lowest BCUT2D eigenvalue weighted by Gasteiger charge is -2.04. The van der Waals surface area contributed by atoms with E-state index >= 15 is 0 Å². The molecule has 5 nitrogen and oxygen atoms in total. The number of rotatable bonds is 2. The van der Waals surface area contributed by atoms with Crippen LogP contribution in [0.25, 0.3) is 16.7 Å². The summed E-state index contributed by atoms with van der Waals surface area (Å²) < 4.78 is 1.82. The molecule has 2 heterocycles. The first-order valence-electron chi connectivity index (χ1n) is 5.73. The van der Waals surface area contributed by atoms with Crippen LogP contribution in [0.5, 0.6) is 0 Å². The van der Waals surface area contributed by atoms with Crippen LogP contribution in [0.2, 0.25) is 0 Å². The molecular formula is C13H13N5. The Morgan fingerprint density at radius 1 is 1.11 bits per heavy atom. The third kappa shape index (κ3) is 1.60. The Morgan fingerprint density at radius 3 is 2.61 bits per heavy atom. The molecule has 0 amide bonds. The van der Waals surface area contributed by atoms with Crippen molar-refractivity contribution in [1.82, 2.24) is 19.7 Å². The molecule has 0 bridgehead atoms. The summed E-state index contributed by atoms with van der Waals surface area (Å²) in [7, 11) is 1.84. The normalized spacial score (nSPS) is 10.8. The Balaban J connectivity index is 2.21. The van der Waals surface area contributed by atoms with Crippen molar-refractivity contribution in [2.24, 2.45) is 0 Å². The molecule has 2 aromatic heterocycles. The second kappa shape index (κ2) is 4.10. The van der Waals surface area contributed by atoms with Gasteiger partial charge in [0.1, 0.15) is 12.1 Å². The van der Waals surface area contributed by atoms with Crippen LogP contribution in [0.1, 0.15) is 5.56 Å². The second-order valence-electron chi connectivity index (χ2n) is 4.10. The fourth-order valence-electron chi connectivity index (χ4n) is 1.92. The van der Waals surface area contributed by atoms with Crippen molar-refractivity contribution in [2.45, 2.75) is 6.92 Å². The van der Waals surface area contributed by atoms with Crippen molar-refractivity contribution in [2.75, 3.05) is 12.4 Å². The molecule has 90 valence electrons. The van der Waals surface area contributed by atoms with Crippen LogP contribution in [0.15, 0.2) is 36.8 Å². The van der Waals surface area contributed by atoms with Gasteiger partial charge in [0.15, 0.2) is 5.65 Å². The maximum atomic E-state index is 4.38. The summed E-state index contributed by atoms with van der Waals surface area (Å²) >= 11 is 0. The molecule has 3 aromatic rings. The number of anilines is 1. The Hall–Kier alpha value is -2.43. The summed E-state index contributed by atoms with van der Waals surface area (Å²) in [6.45, 7) is 2.06. The SMILES string of the molecule is CNc1ncnc2c1cnn2-c1ccc(C)cc1. The highest BCUT2D eigenvalue weighted by Gasteiger charge is 2.09. The summed E-state index contributed by atoms with van der Waals surface area (Å²) in [6, 6.07) is 8.18. The molecule has 3 rings (SSSR count). The highest BCUT2D eigenvalue weighted by Crippen LogP contribution is 2.21. The lowest BCUT2D eigenvalue weighted by Crippen LogP contribution is -1.99. The van der Waals surface area contributed by atoms with Crippen molar-refractivity contribution in [3.05, 3.63) is 42.4 Å². The number of fused-ring (bicyclic) bond motifs is 1. The molecular weight excluding hydrogens is 226 g/mol. The number of hydrogen-bond donors (Lipinski definition) is 1. The zero-order valence-corrected chi connectivity index (χ0v) is 10.3. The first-order chi connectivity index (χ1) is 8.79. The van der Waals surface area contributed by atoms with E-state index in [-0.39, 0.29) is 0 Å². The molecule has 5 heteroatoms. The zero-order chi connectivity index (χ0) is 12.5. The number of nitrogens with one attached hydrogen (secondary N) is 1. The van der Waals surface area contributed by atoms with E-state index in [1.54, 1.807) is 12.5 Å². The predicted molar refractivity (Wildman–Crippen MR) is 70.9 cm³/mol. The molecule has 0 saturated heterocycles. The third-order valence-corrected chi connectivity index (χ3v) is 2.88. The Bertz CT molecular complexity index is 684. The molecule has 0 aliphatic rings. The van der Waals surface area contributed by atoms with Crippen LogP contribution in [-0.4, -0.2) is 26.8 Å². The topological polar surface area (TPSA) is 55.6 Å². The quantitative estimate of drug-likeness (QED) is 0.744. The number of aryl methyl sites for hydroxylation is 1. The van der Waals surface area contributed by atoms with E-state index in [0.29, 0.717) is 0 Å². The minimum atomic E-state index is 0.790. The second-order valence-corrected chi connectivity index (χ2v) is 4.10. The minimum absolute atomic E-state index is 0.790. The minimum Gasteiger partial charge on any atom is -0.372 e. The number of aromatic nitrogens is 4. The molecule has 0 spiro atoms. The highest BCUT2D eigenvalue weighted by molar-refractivity contribution is 5.86. The highest BCUT2D eigenvalue weighted by atomic mass is 15.3. The van der Waals surface area contributed by atoms with Gasteiger partial charge < -0.3 is 5.32 Å². The number of hydrogen-bond acceptors (Lipinski definition) is 4. The Morgan fingerprint density at radius 2 is 1.89 bits per heavy atom. The van der Waals surface area contributed by atoms with E-state index in [4.69, 9.17) is 0 Å². The first kappa shape index (κ1) is 10.7. The summed E-state index contributed by atoms with van der Waals surface area (Å²) in [5.74, 6) is 0.790. The molecule has 0 radical (unpaired) electrons. The van der Waals surface area contributed by atoms with Crippen LogP contribution >= 0.6 is 0 Å². The summed E-state index contributed by atoms with van der Waals surface area (Å²) in [4.78, 5) is 8.47. The molecule has 18 heavy (non-hydrogen) atoms. The van der Waals surface area contributed by atoms with Crippen molar-refractivity contribution >= 4 is 16.9 Å². The van der Waals surface area contributed by atoms with Gasteiger partial charge in [0.2, 0.25) is 0 Å². The van der Waals surface area contributed by atoms with Gasteiger partial charge in [-0.2, -0.15) is 5.10 Å². The summed E-state index contributed by atoms with van der Waals surface area (Å²) in [6.07, 6.45) is 3.32. The molecule has 0 aliphatic heterocycles. The molecule has 0 atom stereocenters. The maximum absolute atomic E-state index is 4.38.